The molecule has 0 spiro atoms. The zero-order valence-corrected chi connectivity index (χ0v) is 10.7. The third kappa shape index (κ3) is 2.99. The first-order valence-electron chi connectivity index (χ1n) is 6.86. The second-order valence-electron chi connectivity index (χ2n) is 5.38. The van der Waals surface area contributed by atoms with Gasteiger partial charge >= 0.3 is 0 Å². The molecule has 1 heterocycles. The van der Waals surface area contributed by atoms with E-state index in [-0.39, 0.29) is 17.9 Å². The molecule has 4 atom stereocenters. The summed E-state index contributed by atoms with van der Waals surface area (Å²) in [6, 6.07) is 0.229. The molecule has 0 aromatic heterocycles. The third-order valence-electron chi connectivity index (χ3n) is 4.22. The minimum atomic E-state index is -0.144. The molecule has 0 aromatic rings. The van der Waals surface area contributed by atoms with Gasteiger partial charge in [-0.25, -0.2) is 0 Å². The van der Waals surface area contributed by atoms with Crippen LogP contribution >= 0.6 is 0 Å². The summed E-state index contributed by atoms with van der Waals surface area (Å²) in [5.74, 6) is 0.598. The van der Waals surface area contributed by atoms with Crippen LogP contribution in [-0.2, 0) is 9.53 Å². The van der Waals surface area contributed by atoms with Crippen LogP contribution in [0.1, 0.15) is 39.0 Å². The van der Waals surface area contributed by atoms with Gasteiger partial charge in [-0.2, -0.15) is 0 Å². The van der Waals surface area contributed by atoms with Crippen LogP contribution in [0.4, 0.5) is 0 Å². The molecule has 4 unspecified atom stereocenters. The van der Waals surface area contributed by atoms with E-state index >= 15 is 0 Å². The van der Waals surface area contributed by atoms with Gasteiger partial charge in [0.25, 0.3) is 0 Å². The Balaban J connectivity index is 1.88. The fraction of sp³-hybridized carbons (Fsp3) is 0.923. The fourth-order valence-corrected chi connectivity index (χ4v) is 3.02. The van der Waals surface area contributed by atoms with Gasteiger partial charge in [-0.05, 0) is 18.8 Å². The summed E-state index contributed by atoms with van der Waals surface area (Å²) in [7, 11) is 0. The molecular formula is C13H24N2O2. The molecule has 2 rings (SSSR count). The van der Waals surface area contributed by atoms with Crippen molar-refractivity contribution in [1.29, 1.82) is 0 Å². The predicted molar refractivity (Wildman–Crippen MR) is 66.5 cm³/mol. The third-order valence-corrected chi connectivity index (χ3v) is 4.22. The van der Waals surface area contributed by atoms with Crippen LogP contribution in [0, 0.1) is 11.8 Å². The molecule has 17 heavy (non-hydrogen) atoms. The monoisotopic (exact) mass is 240 g/mol. The second kappa shape index (κ2) is 5.83. The SMILES string of the molecule is CCC1CCCCC1NC(=O)C1COCC1N. The van der Waals surface area contributed by atoms with Gasteiger partial charge in [0, 0.05) is 12.1 Å². The highest BCUT2D eigenvalue weighted by Crippen LogP contribution is 2.27. The number of hydrogen-bond donors (Lipinski definition) is 2. The molecule has 1 aliphatic heterocycles. The van der Waals surface area contributed by atoms with E-state index in [4.69, 9.17) is 10.5 Å². The molecule has 0 aromatic carbocycles. The number of carbonyl (C=O) groups is 1. The normalized spacial score (nSPS) is 38.0. The first kappa shape index (κ1) is 12.8. The molecule has 0 bridgehead atoms. The number of carbonyl (C=O) groups excluding carboxylic acids is 1. The lowest BCUT2D eigenvalue weighted by Gasteiger charge is -2.32. The fourth-order valence-electron chi connectivity index (χ4n) is 3.02. The zero-order chi connectivity index (χ0) is 12.3. The molecule has 4 nitrogen and oxygen atoms in total. The Bertz CT molecular complexity index is 270. The van der Waals surface area contributed by atoms with Gasteiger partial charge in [-0.3, -0.25) is 4.79 Å². The standard InChI is InChI=1S/C13H24N2O2/c1-2-9-5-3-4-6-12(9)15-13(16)10-7-17-8-11(10)14/h9-12H,2-8,14H2,1H3,(H,15,16). The first-order valence-corrected chi connectivity index (χ1v) is 6.86. The van der Waals surface area contributed by atoms with Gasteiger partial charge in [0.2, 0.25) is 5.91 Å². The van der Waals surface area contributed by atoms with Crippen LogP contribution in [0.3, 0.4) is 0 Å². The van der Waals surface area contributed by atoms with Crippen LogP contribution in [0.5, 0.6) is 0 Å². The van der Waals surface area contributed by atoms with E-state index in [1.807, 2.05) is 0 Å². The average molecular weight is 240 g/mol. The zero-order valence-electron chi connectivity index (χ0n) is 10.7. The van der Waals surface area contributed by atoms with Crippen molar-refractivity contribution in [2.45, 2.75) is 51.1 Å². The molecule has 0 radical (unpaired) electrons. The lowest BCUT2D eigenvalue weighted by atomic mass is 9.82. The lowest BCUT2D eigenvalue weighted by Crippen LogP contribution is -2.48. The molecule has 98 valence electrons. The molecule has 2 aliphatic rings. The molecule has 2 fully saturated rings. The summed E-state index contributed by atoms with van der Waals surface area (Å²) in [4.78, 5) is 12.1. The van der Waals surface area contributed by atoms with Crippen molar-refractivity contribution >= 4 is 5.91 Å². The molecule has 1 aliphatic carbocycles. The van der Waals surface area contributed by atoms with E-state index in [1.165, 1.54) is 19.3 Å². The highest BCUT2D eigenvalue weighted by Gasteiger charge is 2.34. The van der Waals surface area contributed by atoms with Crippen LogP contribution < -0.4 is 11.1 Å². The van der Waals surface area contributed by atoms with E-state index in [1.54, 1.807) is 0 Å². The predicted octanol–water partition coefficient (Wildman–Crippen LogP) is 1.05. The van der Waals surface area contributed by atoms with Crippen LogP contribution in [0.15, 0.2) is 0 Å². The highest BCUT2D eigenvalue weighted by molar-refractivity contribution is 5.80. The molecule has 3 N–H and O–H groups in total. The Morgan fingerprint density at radius 3 is 2.76 bits per heavy atom. The Morgan fingerprint density at radius 2 is 2.12 bits per heavy atom. The van der Waals surface area contributed by atoms with Crippen LogP contribution in [0.2, 0.25) is 0 Å². The van der Waals surface area contributed by atoms with Crippen LogP contribution in [-0.4, -0.2) is 31.2 Å². The van der Waals surface area contributed by atoms with E-state index in [2.05, 4.69) is 12.2 Å². The minimum Gasteiger partial charge on any atom is -0.379 e. The summed E-state index contributed by atoms with van der Waals surface area (Å²) < 4.78 is 5.25. The van der Waals surface area contributed by atoms with Crippen molar-refractivity contribution in [3.8, 4) is 0 Å². The summed E-state index contributed by atoms with van der Waals surface area (Å²) >= 11 is 0. The maximum Gasteiger partial charge on any atom is 0.227 e. The Kier molecular flexibility index (Phi) is 4.40. The van der Waals surface area contributed by atoms with Crippen LogP contribution in [0.25, 0.3) is 0 Å². The largest absolute Gasteiger partial charge is 0.379 e. The minimum absolute atomic E-state index is 0.0975. The van der Waals surface area contributed by atoms with Crippen molar-refractivity contribution in [2.75, 3.05) is 13.2 Å². The maximum atomic E-state index is 12.1. The van der Waals surface area contributed by atoms with E-state index < -0.39 is 0 Å². The lowest BCUT2D eigenvalue weighted by molar-refractivity contribution is -0.126. The van der Waals surface area contributed by atoms with Gasteiger partial charge in [0.15, 0.2) is 0 Å². The van der Waals surface area contributed by atoms with Gasteiger partial charge in [0.1, 0.15) is 0 Å². The summed E-state index contributed by atoms with van der Waals surface area (Å²) in [6.07, 6.45) is 6.05. The molecule has 1 saturated carbocycles. The van der Waals surface area contributed by atoms with Gasteiger partial charge < -0.3 is 15.8 Å². The number of hydrogen-bond acceptors (Lipinski definition) is 3. The molecule has 1 saturated heterocycles. The molecule has 4 heteroatoms. The topological polar surface area (TPSA) is 64.3 Å². The number of amides is 1. The van der Waals surface area contributed by atoms with Crippen molar-refractivity contribution in [3.63, 3.8) is 0 Å². The van der Waals surface area contributed by atoms with E-state index in [9.17, 15) is 4.79 Å². The van der Waals surface area contributed by atoms with Gasteiger partial charge in [-0.15, -0.1) is 0 Å². The van der Waals surface area contributed by atoms with Gasteiger partial charge in [0.05, 0.1) is 19.1 Å². The van der Waals surface area contributed by atoms with Crippen molar-refractivity contribution < 1.29 is 9.53 Å². The van der Waals surface area contributed by atoms with Crippen molar-refractivity contribution in [2.24, 2.45) is 17.6 Å². The summed E-state index contributed by atoms with van der Waals surface area (Å²) in [6.45, 7) is 3.20. The Morgan fingerprint density at radius 1 is 1.35 bits per heavy atom. The highest BCUT2D eigenvalue weighted by atomic mass is 16.5. The number of rotatable bonds is 3. The van der Waals surface area contributed by atoms with Gasteiger partial charge in [-0.1, -0.05) is 26.2 Å². The maximum absolute atomic E-state index is 12.1. The molecule has 1 amide bonds. The number of nitrogens with one attached hydrogen (secondary N) is 1. The summed E-state index contributed by atoms with van der Waals surface area (Å²) in [5, 5.41) is 3.19. The first-order chi connectivity index (χ1) is 8.22. The van der Waals surface area contributed by atoms with Crippen molar-refractivity contribution in [1.82, 2.24) is 5.32 Å². The smallest absolute Gasteiger partial charge is 0.227 e. The average Bonchev–Trinajstić information content (AvgIpc) is 2.76. The Hall–Kier alpha value is -0.610. The second-order valence-corrected chi connectivity index (χ2v) is 5.38. The van der Waals surface area contributed by atoms with Crippen molar-refractivity contribution in [3.05, 3.63) is 0 Å². The van der Waals surface area contributed by atoms with E-state index in [0.717, 1.165) is 12.8 Å². The van der Waals surface area contributed by atoms with E-state index in [0.29, 0.717) is 25.2 Å². The number of ether oxygens (including phenoxy) is 1. The quantitative estimate of drug-likeness (QED) is 0.775. The number of nitrogens with two attached hydrogens (primary N) is 1. The Labute approximate surface area is 103 Å². The molecular weight excluding hydrogens is 216 g/mol. The summed E-state index contributed by atoms with van der Waals surface area (Å²) in [5.41, 5.74) is 5.87.